The van der Waals surface area contributed by atoms with E-state index in [2.05, 4.69) is 10.2 Å². The molecule has 6 nitrogen and oxygen atoms in total. The number of hydrogen-bond acceptors (Lipinski definition) is 5. The first-order valence-electron chi connectivity index (χ1n) is 3.60. The number of aliphatic hydroxyl groups excluding tert-OH is 2. The summed E-state index contributed by atoms with van der Waals surface area (Å²) in [4.78, 5) is 0. The molecule has 12 heavy (non-hydrogen) atoms. The minimum atomic E-state index is -0.782. The molecule has 0 unspecified atom stereocenters. The molecular weight excluding hydrogens is 160 g/mol. The number of nitrogens with two attached hydrogens (primary N) is 1. The van der Waals surface area contributed by atoms with Gasteiger partial charge in [-0.1, -0.05) is 0 Å². The van der Waals surface area contributed by atoms with Crippen LogP contribution in [0.1, 0.15) is 37.7 Å². The molecule has 0 aliphatic rings. The Bertz CT molecular complexity index is 243. The van der Waals surface area contributed by atoms with Crippen molar-refractivity contribution >= 4 is 0 Å². The Labute approximate surface area is 69.6 Å². The fourth-order valence-corrected chi connectivity index (χ4v) is 0.886. The molecular formula is C6H12N4O2. The molecule has 0 bridgehead atoms. The zero-order chi connectivity index (χ0) is 9.30. The maximum absolute atomic E-state index is 9.11. The second-order valence-electron chi connectivity index (χ2n) is 2.64. The van der Waals surface area contributed by atoms with Crippen LogP contribution in [-0.2, 0) is 0 Å². The van der Waals surface area contributed by atoms with Gasteiger partial charge in [0.15, 0.2) is 11.6 Å². The lowest BCUT2D eigenvalue weighted by molar-refractivity contribution is 0.176. The van der Waals surface area contributed by atoms with E-state index >= 15 is 0 Å². The number of nitrogens with zero attached hydrogens (tertiary/aromatic N) is 3. The molecule has 0 spiro atoms. The summed E-state index contributed by atoms with van der Waals surface area (Å²) >= 11 is 0. The number of rotatable bonds is 2. The average molecular weight is 172 g/mol. The van der Waals surface area contributed by atoms with Crippen LogP contribution in [-0.4, -0.2) is 25.1 Å². The van der Waals surface area contributed by atoms with Crippen molar-refractivity contribution in [2.75, 3.05) is 5.84 Å². The Morgan fingerprint density at radius 1 is 1.17 bits per heavy atom. The Hall–Kier alpha value is -1.14. The van der Waals surface area contributed by atoms with Crippen molar-refractivity contribution in [3.05, 3.63) is 11.6 Å². The van der Waals surface area contributed by atoms with E-state index in [0.29, 0.717) is 0 Å². The molecule has 1 aromatic rings. The number of nitrogen functional groups attached to an aromatic ring is 1. The van der Waals surface area contributed by atoms with Crippen LogP contribution >= 0.6 is 0 Å². The molecule has 4 N–H and O–H groups in total. The van der Waals surface area contributed by atoms with Crippen molar-refractivity contribution in [3.8, 4) is 0 Å². The van der Waals surface area contributed by atoms with Crippen LogP contribution < -0.4 is 5.84 Å². The summed E-state index contributed by atoms with van der Waals surface area (Å²) in [7, 11) is 0. The molecule has 0 saturated heterocycles. The van der Waals surface area contributed by atoms with Crippen molar-refractivity contribution in [1.82, 2.24) is 14.9 Å². The van der Waals surface area contributed by atoms with Crippen molar-refractivity contribution in [1.29, 1.82) is 0 Å². The molecule has 1 aromatic heterocycles. The van der Waals surface area contributed by atoms with Gasteiger partial charge in [0.2, 0.25) is 0 Å². The van der Waals surface area contributed by atoms with E-state index < -0.39 is 12.2 Å². The molecule has 0 aliphatic heterocycles. The van der Waals surface area contributed by atoms with Gasteiger partial charge in [-0.3, -0.25) is 0 Å². The number of aliphatic hydroxyl groups is 2. The van der Waals surface area contributed by atoms with Gasteiger partial charge in [0, 0.05) is 0 Å². The zero-order valence-electron chi connectivity index (χ0n) is 6.97. The summed E-state index contributed by atoms with van der Waals surface area (Å²) in [6.07, 6.45) is -1.56. The lowest BCUT2D eigenvalue weighted by Gasteiger charge is -2.06. The van der Waals surface area contributed by atoms with E-state index in [0.717, 1.165) is 4.68 Å². The summed E-state index contributed by atoms with van der Waals surface area (Å²) in [5.41, 5.74) is 0. The zero-order valence-corrected chi connectivity index (χ0v) is 6.97. The Kier molecular flexibility index (Phi) is 2.30. The van der Waals surface area contributed by atoms with Gasteiger partial charge in [-0.2, -0.15) is 0 Å². The van der Waals surface area contributed by atoms with E-state index in [-0.39, 0.29) is 11.6 Å². The van der Waals surface area contributed by atoms with E-state index in [1.54, 1.807) is 0 Å². The maximum Gasteiger partial charge on any atom is 0.180 e. The number of aromatic nitrogens is 3. The van der Waals surface area contributed by atoms with Gasteiger partial charge in [0.05, 0.1) is 0 Å². The summed E-state index contributed by atoms with van der Waals surface area (Å²) in [5, 5.41) is 25.5. The van der Waals surface area contributed by atoms with Gasteiger partial charge in [-0.05, 0) is 13.8 Å². The molecule has 0 fully saturated rings. The summed E-state index contributed by atoms with van der Waals surface area (Å²) in [6.45, 7) is 3.05. The van der Waals surface area contributed by atoms with Crippen molar-refractivity contribution < 1.29 is 10.2 Å². The second-order valence-corrected chi connectivity index (χ2v) is 2.64. The Morgan fingerprint density at radius 2 is 1.50 bits per heavy atom. The first kappa shape index (κ1) is 8.95. The predicted octanol–water partition coefficient (Wildman–Crippen LogP) is -0.902. The topological polar surface area (TPSA) is 97.2 Å². The monoisotopic (exact) mass is 172 g/mol. The van der Waals surface area contributed by atoms with Crippen LogP contribution in [0.15, 0.2) is 0 Å². The highest BCUT2D eigenvalue weighted by molar-refractivity contribution is 4.99. The Morgan fingerprint density at radius 3 is 1.67 bits per heavy atom. The van der Waals surface area contributed by atoms with Crippen LogP contribution in [0, 0.1) is 0 Å². The van der Waals surface area contributed by atoms with Gasteiger partial charge in [0.25, 0.3) is 0 Å². The standard InChI is InChI=1S/C6H12N4O2/c1-3(11)5-8-9-6(4(2)12)10(5)7/h3-4,11-12H,7H2,1-2H3/t3-,4+. The molecule has 0 aliphatic carbocycles. The normalized spacial score (nSPS) is 16.0. The quantitative estimate of drug-likeness (QED) is 0.502. The third kappa shape index (κ3) is 1.39. The molecule has 68 valence electrons. The fraction of sp³-hybridized carbons (Fsp3) is 0.667. The molecule has 0 aromatic carbocycles. The van der Waals surface area contributed by atoms with Crippen LogP contribution in [0.5, 0.6) is 0 Å². The van der Waals surface area contributed by atoms with Crippen molar-refractivity contribution in [3.63, 3.8) is 0 Å². The van der Waals surface area contributed by atoms with Crippen LogP contribution in [0.25, 0.3) is 0 Å². The lowest BCUT2D eigenvalue weighted by Crippen LogP contribution is -2.19. The first-order chi connectivity index (χ1) is 5.54. The molecule has 0 saturated carbocycles. The van der Waals surface area contributed by atoms with Gasteiger partial charge in [-0.15, -0.1) is 10.2 Å². The van der Waals surface area contributed by atoms with E-state index in [9.17, 15) is 0 Å². The second kappa shape index (κ2) is 3.08. The highest BCUT2D eigenvalue weighted by Gasteiger charge is 2.16. The smallest absolute Gasteiger partial charge is 0.180 e. The number of hydrogen-bond donors (Lipinski definition) is 3. The van der Waals surface area contributed by atoms with E-state index in [1.807, 2.05) is 0 Å². The Balaban J connectivity index is 3.04. The SMILES string of the molecule is C[C@H](O)c1nnc([C@@H](C)O)n1N. The van der Waals surface area contributed by atoms with E-state index in [4.69, 9.17) is 16.1 Å². The highest BCUT2D eigenvalue weighted by Crippen LogP contribution is 2.12. The molecule has 0 radical (unpaired) electrons. The van der Waals surface area contributed by atoms with Gasteiger partial charge >= 0.3 is 0 Å². The molecule has 0 amide bonds. The summed E-state index contributed by atoms with van der Waals surface area (Å²) < 4.78 is 1.09. The minimum Gasteiger partial charge on any atom is -0.385 e. The maximum atomic E-state index is 9.11. The largest absolute Gasteiger partial charge is 0.385 e. The highest BCUT2D eigenvalue weighted by atomic mass is 16.3. The van der Waals surface area contributed by atoms with Gasteiger partial charge in [0.1, 0.15) is 12.2 Å². The fourth-order valence-electron chi connectivity index (χ4n) is 0.886. The third-order valence-corrected chi connectivity index (χ3v) is 1.50. The molecule has 6 heteroatoms. The van der Waals surface area contributed by atoms with Crippen molar-refractivity contribution in [2.45, 2.75) is 26.1 Å². The van der Waals surface area contributed by atoms with Crippen LogP contribution in [0.3, 0.4) is 0 Å². The lowest BCUT2D eigenvalue weighted by atomic mass is 10.3. The predicted molar refractivity (Wildman–Crippen MR) is 41.4 cm³/mol. The summed E-state index contributed by atoms with van der Waals surface area (Å²) in [5.74, 6) is 5.96. The average Bonchev–Trinajstić information content (AvgIpc) is 2.30. The molecule has 1 heterocycles. The molecule has 2 atom stereocenters. The van der Waals surface area contributed by atoms with Gasteiger partial charge < -0.3 is 16.1 Å². The van der Waals surface area contributed by atoms with Crippen molar-refractivity contribution in [2.24, 2.45) is 0 Å². The van der Waals surface area contributed by atoms with Crippen LogP contribution in [0.4, 0.5) is 0 Å². The van der Waals surface area contributed by atoms with Gasteiger partial charge in [-0.25, -0.2) is 4.68 Å². The van der Waals surface area contributed by atoms with E-state index in [1.165, 1.54) is 13.8 Å². The first-order valence-corrected chi connectivity index (χ1v) is 3.60. The van der Waals surface area contributed by atoms with Crippen LogP contribution in [0.2, 0.25) is 0 Å². The third-order valence-electron chi connectivity index (χ3n) is 1.50. The molecule has 1 rings (SSSR count). The summed E-state index contributed by atoms with van der Waals surface area (Å²) in [6, 6.07) is 0. The minimum absolute atomic E-state index is 0.242.